The van der Waals surface area contributed by atoms with E-state index in [1.807, 2.05) is 0 Å². The first-order chi connectivity index (χ1) is 8.41. The van der Waals surface area contributed by atoms with Crippen LogP contribution >= 0.6 is 0 Å². The van der Waals surface area contributed by atoms with Crippen molar-refractivity contribution >= 4 is 0 Å². The number of hydrogen-bond donors (Lipinski definition) is 1. The molecule has 0 aromatic rings. The van der Waals surface area contributed by atoms with Gasteiger partial charge in [0.2, 0.25) is 0 Å². The van der Waals surface area contributed by atoms with Gasteiger partial charge in [-0.2, -0.15) is 0 Å². The number of aliphatic hydroxyl groups is 1. The summed E-state index contributed by atoms with van der Waals surface area (Å²) in [5, 5.41) is 10.6. The summed E-state index contributed by atoms with van der Waals surface area (Å²) in [6.45, 7) is 6.71. The number of rotatable bonds is 5. The zero-order valence-electron chi connectivity index (χ0n) is 12.2. The van der Waals surface area contributed by atoms with Gasteiger partial charge in [0, 0.05) is 0 Å². The summed E-state index contributed by atoms with van der Waals surface area (Å²) >= 11 is 0. The molecule has 1 N–H and O–H groups in total. The summed E-state index contributed by atoms with van der Waals surface area (Å²) in [6, 6.07) is 0. The quantitative estimate of drug-likeness (QED) is 0.776. The van der Waals surface area contributed by atoms with Crippen molar-refractivity contribution in [1.82, 2.24) is 0 Å². The third kappa shape index (κ3) is 3.46. The topological polar surface area (TPSA) is 20.2 Å². The molecule has 2 fully saturated rings. The summed E-state index contributed by atoms with van der Waals surface area (Å²) in [6.07, 6.45) is 6.31. The first kappa shape index (κ1) is 14.3. The fourth-order valence-corrected chi connectivity index (χ4v) is 3.57. The van der Waals surface area contributed by atoms with Gasteiger partial charge in [0.05, 0.1) is 5.60 Å². The molecule has 0 aromatic heterocycles. The maximum atomic E-state index is 13.0. The molecule has 0 bridgehead atoms. The lowest BCUT2D eigenvalue weighted by molar-refractivity contribution is -0.0267. The third-order valence-electron chi connectivity index (χ3n) is 5.46. The van der Waals surface area contributed by atoms with Gasteiger partial charge in [0.15, 0.2) is 0 Å². The van der Waals surface area contributed by atoms with Gasteiger partial charge in [0.1, 0.15) is 6.17 Å². The van der Waals surface area contributed by atoms with E-state index in [0.29, 0.717) is 11.8 Å². The number of halogens is 1. The van der Waals surface area contributed by atoms with Crippen LogP contribution in [0.1, 0.15) is 65.7 Å². The Morgan fingerprint density at radius 2 is 1.78 bits per heavy atom. The third-order valence-corrected chi connectivity index (χ3v) is 5.46. The summed E-state index contributed by atoms with van der Waals surface area (Å²) in [4.78, 5) is 0. The standard InChI is InChI=1S/C16H29FO/c1-11(2)13-5-8-16(18,9-6-13)7-4-12(3)14-10-15(14)17/h11-15,18H,4-10H2,1-3H3/t12?,13-,14?,15?,16+. The van der Waals surface area contributed by atoms with Crippen molar-refractivity contribution in [1.29, 1.82) is 0 Å². The first-order valence-electron chi connectivity index (χ1n) is 7.78. The van der Waals surface area contributed by atoms with Gasteiger partial charge in [-0.3, -0.25) is 0 Å². The molecule has 2 saturated carbocycles. The average Bonchev–Trinajstić information content (AvgIpc) is 3.04. The molecule has 1 nitrogen and oxygen atoms in total. The van der Waals surface area contributed by atoms with Gasteiger partial charge in [-0.1, -0.05) is 20.8 Å². The Kier molecular flexibility index (Phi) is 4.36. The van der Waals surface area contributed by atoms with Crippen LogP contribution in [0.5, 0.6) is 0 Å². The number of hydrogen-bond acceptors (Lipinski definition) is 1. The lowest BCUT2D eigenvalue weighted by Crippen LogP contribution is -2.35. The van der Waals surface area contributed by atoms with Crippen molar-refractivity contribution in [3.63, 3.8) is 0 Å². The van der Waals surface area contributed by atoms with E-state index in [9.17, 15) is 9.50 Å². The van der Waals surface area contributed by atoms with Crippen LogP contribution in [0.2, 0.25) is 0 Å². The Balaban J connectivity index is 1.72. The van der Waals surface area contributed by atoms with Crippen molar-refractivity contribution in [2.75, 3.05) is 0 Å². The lowest BCUT2D eigenvalue weighted by atomic mass is 9.72. The normalized spacial score (nSPS) is 42.0. The van der Waals surface area contributed by atoms with E-state index in [0.717, 1.165) is 56.8 Å². The molecule has 18 heavy (non-hydrogen) atoms. The second-order valence-corrected chi connectivity index (χ2v) is 7.24. The smallest absolute Gasteiger partial charge is 0.104 e. The van der Waals surface area contributed by atoms with Crippen molar-refractivity contribution in [3.05, 3.63) is 0 Å². The van der Waals surface area contributed by atoms with Crippen molar-refractivity contribution in [2.24, 2.45) is 23.7 Å². The molecule has 2 aliphatic rings. The Morgan fingerprint density at radius 3 is 2.22 bits per heavy atom. The van der Waals surface area contributed by atoms with E-state index in [4.69, 9.17) is 0 Å². The maximum Gasteiger partial charge on any atom is 0.104 e. The molecule has 0 aliphatic heterocycles. The van der Waals surface area contributed by atoms with Gasteiger partial charge < -0.3 is 5.11 Å². The zero-order chi connectivity index (χ0) is 13.3. The van der Waals surface area contributed by atoms with E-state index in [2.05, 4.69) is 20.8 Å². The van der Waals surface area contributed by atoms with Gasteiger partial charge in [-0.05, 0) is 68.6 Å². The van der Waals surface area contributed by atoms with Gasteiger partial charge in [0.25, 0.3) is 0 Å². The molecule has 0 radical (unpaired) electrons. The molecular weight excluding hydrogens is 227 g/mol. The van der Waals surface area contributed by atoms with E-state index in [1.54, 1.807) is 0 Å². The molecule has 3 atom stereocenters. The van der Waals surface area contributed by atoms with Crippen LogP contribution in [0.25, 0.3) is 0 Å². The van der Waals surface area contributed by atoms with Crippen LogP contribution in [-0.4, -0.2) is 16.9 Å². The van der Waals surface area contributed by atoms with E-state index in [1.165, 1.54) is 0 Å². The highest BCUT2D eigenvalue weighted by molar-refractivity contribution is 4.92. The molecule has 2 rings (SSSR count). The average molecular weight is 256 g/mol. The molecule has 0 aromatic carbocycles. The van der Waals surface area contributed by atoms with Gasteiger partial charge >= 0.3 is 0 Å². The van der Waals surface area contributed by atoms with Crippen molar-refractivity contribution in [3.8, 4) is 0 Å². The summed E-state index contributed by atoms with van der Waals surface area (Å²) in [5.74, 6) is 2.28. The number of alkyl halides is 1. The van der Waals surface area contributed by atoms with Crippen LogP contribution in [0.4, 0.5) is 4.39 Å². The second kappa shape index (κ2) is 5.48. The minimum Gasteiger partial charge on any atom is -0.390 e. The van der Waals surface area contributed by atoms with Crippen LogP contribution in [0, 0.1) is 23.7 Å². The van der Waals surface area contributed by atoms with Gasteiger partial charge in [-0.15, -0.1) is 0 Å². The molecule has 3 unspecified atom stereocenters. The SMILES string of the molecule is CC(CC[C@]1(O)CC[C@@H](C(C)C)CC1)C1CC1F. The van der Waals surface area contributed by atoms with E-state index in [-0.39, 0.29) is 0 Å². The van der Waals surface area contributed by atoms with Gasteiger partial charge in [-0.25, -0.2) is 4.39 Å². The monoisotopic (exact) mass is 256 g/mol. The Morgan fingerprint density at radius 1 is 1.22 bits per heavy atom. The molecule has 2 heteroatoms. The summed E-state index contributed by atoms with van der Waals surface area (Å²) in [7, 11) is 0. The fourth-order valence-electron chi connectivity index (χ4n) is 3.57. The molecule has 0 heterocycles. The van der Waals surface area contributed by atoms with Crippen LogP contribution < -0.4 is 0 Å². The molecule has 0 amide bonds. The fraction of sp³-hybridized carbons (Fsp3) is 1.00. The summed E-state index contributed by atoms with van der Waals surface area (Å²) in [5.41, 5.74) is -0.444. The highest BCUT2D eigenvalue weighted by atomic mass is 19.1. The predicted molar refractivity (Wildman–Crippen MR) is 73.1 cm³/mol. The molecule has 2 aliphatic carbocycles. The van der Waals surface area contributed by atoms with Crippen LogP contribution in [-0.2, 0) is 0 Å². The molecule has 0 saturated heterocycles. The summed E-state index contributed by atoms with van der Waals surface area (Å²) < 4.78 is 13.0. The van der Waals surface area contributed by atoms with E-state index >= 15 is 0 Å². The highest BCUT2D eigenvalue weighted by Crippen LogP contribution is 2.44. The zero-order valence-corrected chi connectivity index (χ0v) is 12.2. The Bertz CT molecular complexity index is 268. The van der Waals surface area contributed by atoms with Crippen molar-refractivity contribution < 1.29 is 9.50 Å². The predicted octanol–water partition coefficient (Wildman–Crippen LogP) is 4.34. The van der Waals surface area contributed by atoms with Crippen LogP contribution in [0.3, 0.4) is 0 Å². The Hall–Kier alpha value is -0.110. The minimum atomic E-state index is -0.550. The molecule has 106 valence electrons. The van der Waals surface area contributed by atoms with E-state index < -0.39 is 11.8 Å². The van der Waals surface area contributed by atoms with Crippen molar-refractivity contribution in [2.45, 2.75) is 77.5 Å². The minimum absolute atomic E-state index is 0.292. The van der Waals surface area contributed by atoms with Crippen LogP contribution in [0.15, 0.2) is 0 Å². The molecular formula is C16H29FO. The lowest BCUT2D eigenvalue weighted by Gasteiger charge is -2.38. The second-order valence-electron chi connectivity index (χ2n) is 7.24. The largest absolute Gasteiger partial charge is 0.390 e. The Labute approximate surface area is 111 Å². The first-order valence-corrected chi connectivity index (χ1v) is 7.78. The maximum absolute atomic E-state index is 13.0. The molecule has 0 spiro atoms. The highest BCUT2D eigenvalue weighted by Gasteiger charge is 2.42.